The van der Waals surface area contributed by atoms with Crippen LogP contribution < -0.4 is 5.32 Å². The highest BCUT2D eigenvalue weighted by molar-refractivity contribution is 7.10. The number of hydrogen-bond acceptors (Lipinski definition) is 2. The van der Waals surface area contributed by atoms with Gasteiger partial charge in [-0.15, -0.1) is 11.3 Å². The minimum Gasteiger partial charge on any atom is -0.312 e. The highest BCUT2D eigenvalue weighted by atomic mass is 32.1. The van der Waals surface area contributed by atoms with Gasteiger partial charge in [0.05, 0.1) is 0 Å². The van der Waals surface area contributed by atoms with E-state index in [1.807, 2.05) is 11.3 Å². The molecule has 1 heterocycles. The summed E-state index contributed by atoms with van der Waals surface area (Å²) >= 11 is 1.93. The second-order valence-corrected chi connectivity index (χ2v) is 7.30. The zero-order chi connectivity index (χ0) is 13.2. The highest BCUT2D eigenvalue weighted by Crippen LogP contribution is 2.52. The van der Waals surface area contributed by atoms with Crippen molar-refractivity contribution in [3.05, 3.63) is 21.9 Å². The Morgan fingerprint density at radius 1 is 1.33 bits per heavy atom. The van der Waals surface area contributed by atoms with Crippen molar-refractivity contribution in [3.63, 3.8) is 0 Å². The van der Waals surface area contributed by atoms with Crippen LogP contribution in [-0.4, -0.2) is 7.05 Å². The zero-order valence-corrected chi connectivity index (χ0v) is 13.1. The van der Waals surface area contributed by atoms with Gasteiger partial charge in [0.2, 0.25) is 0 Å². The van der Waals surface area contributed by atoms with E-state index in [4.69, 9.17) is 0 Å². The molecule has 2 heteroatoms. The van der Waals surface area contributed by atoms with Crippen LogP contribution in [0, 0.1) is 18.3 Å². The number of hydrogen-bond donors (Lipinski definition) is 1. The molecule has 0 spiro atoms. The van der Waals surface area contributed by atoms with E-state index in [-0.39, 0.29) is 0 Å². The molecule has 1 aliphatic rings. The molecule has 0 bridgehead atoms. The summed E-state index contributed by atoms with van der Waals surface area (Å²) in [6.07, 6.45) is 6.97. The number of thiophene rings is 1. The minimum atomic E-state index is 0.499. The quantitative estimate of drug-likeness (QED) is 0.796. The van der Waals surface area contributed by atoms with Crippen LogP contribution in [-0.2, 0) is 0 Å². The summed E-state index contributed by atoms with van der Waals surface area (Å²) < 4.78 is 0. The van der Waals surface area contributed by atoms with E-state index in [1.165, 1.54) is 37.7 Å². The van der Waals surface area contributed by atoms with E-state index in [2.05, 4.69) is 44.6 Å². The Morgan fingerprint density at radius 3 is 2.44 bits per heavy atom. The van der Waals surface area contributed by atoms with E-state index in [0.717, 1.165) is 5.92 Å². The van der Waals surface area contributed by atoms with Crippen molar-refractivity contribution in [2.45, 2.75) is 58.9 Å². The molecule has 102 valence electrons. The lowest BCUT2D eigenvalue weighted by molar-refractivity contribution is 0.163. The Kier molecular flexibility index (Phi) is 4.50. The molecule has 1 nitrogen and oxygen atoms in total. The van der Waals surface area contributed by atoms with Crippen LogP contribution in [0.1, 0.15) is 62.4 Å². The first kappa shape index (κ1) is 14.1. The standard InChI is InChI=1S/C16H27NS/c1-12(2)11-16(8-5-6-9-16)15(17-4)14-13(3)7-10-18-14/h7,10,12,15,17H,5-6,8-9,11H2,1-4H3. The van der Waals surface area contributed by atoms with Crippen molar-refractivity contribution in [1.29, 1.82) is 0 Å². The molecule has 0 aliphatic heterocycles. The molecule has 18 heavy (non-hydrogen) atoms. The van der Waals surface area contributed by atoms with Crippen LogP contribution in [0.3, 0.4) is 0 Å². The summed E-state index contributed by atoms with van der Waals surface area (Å²) in [4.78, 5) is 1.57. The normalized spacial score (nSPS) is 20.5. The second-order valence-electron chi connectivity index (χ2n) is 6.36. The van der Waals surface area contributed by atoms with Gasteiger partial charge >= 0.3 is 0 Å². The van der Waals surface area contributed by atoms with Gasteiger partial charge in [0.15, 0.2) is 0 Å². The fourth-order valence-electron chi connectivity index (χ4n) is 3.90. The molecule has 1 fully saturated rings. The summed E-state index contributed by atoms with van der Waals surface area (Å²) in [5.41, 5.74) is 1.97. The van der Waals surface area contributed by atoms with Crippen molar-refractivity contribution >= 4 is 11.3 Å². The third kappa shape index (κ3) is 2.65. The number of aryl methyl sites for hydroxylation is 1. The minimum absolute atomic E-state index is 0.499. The Morgan fingerprint density at radius 2 is 2.00 bits per heavy atom. The predicted molar refractivity (Wildman–Crippen MR) is 81.2 cm³/mol. The molecule has 1 aromatic rings. The van der Waals surface area contributed by atoms with Crippen LogP contribution >= 0.6 is 11.3 Å². The van der Waals surface area contributed by atoms with E-state index in [9.17, 15) is 0 Å². The molecule has 1 saturated carbocycles. The van der Waals surface area contributed by atoms with Gasteiger partial charge in [-0.1, -0.05) is 26.7 Å². The van der Waals surface area contributed by atoms with Gasteiger partial charge in [0.25, 0.3) is 0 Å². The van der Waals surface area contributed by atoms with Crippen LogP contribution in [0.25, 0.3) is 0 Å². The molecule has 1 N–H and O–H groups in total. The summed E-state index contributed by atoms with van der Waals surface area (Å²) in [6.45, 7) is 7.00. The first-order chi connectivity index (χ1) is 8.59. The zero-order valence-electron chi connectivity index (χ0n) is 12.3. The average Bonchev–Trinajstić information content (AvgIpc) is 2.90. The molecule has 0 radical (unpaired) electrons. The summed E-state index contributed by atoms with van der Waals surface area (Å²) in [6, 6.07) is 2.82. The van der Waals surface area contributed by atoms with Gasteiger partial charge in [0.1, 0.15) is 0 Å². The second kappa shape index (κ2) is 5.75. The van der Waals surface area contributed by atoms with Crippen LogP contribution in [0.4, 0.5) is 0 Å². The van der Waals surface area contributed by atoms with Crippen LogP contribution in [0.5, 0.6) is 0 Å². The van der Waals surface area contributed by atoms with Gasteiger partial charge in [-0.3, -0.25) is 0 Å². The Bertz CT molecular complexity index is 374. The van der Waals surface area contributed by atoms with Crippen LogP contribution in [0.2, 0.25) is 0 Å². The fourth-order valence-corrected chi connectivity index (χ4v) is 5.08. The summed E-state index contributed by atoms with van der Waals surface area (Å²) in [5, 5.41) is 5.89. The SMILES string of the molecule is CNC(c1sccc1C)C1(CC(C)C)CCCC1. The van der Waals surface area contributed by atoms with E-state index in [1.54, 1.807) is 4.88 Å². The number of rotatable bonds is 5. The Balaban J connectivity index is 2.31. The summed E-state index contributed by atoms with van der Waals surface area (Å²) in [7, 11) is 2.14. The van der Waals surface area contributed by atoms with Gasteiger partial charge in [-0.25, -0.2) is 0 Å². The lowest BCUT2D eigenvalue weighted by atomic mass is 9.71. The van der Waals surface area contributed by atoms with Crippen molar-refractivity contribution in [1.82, 2.24) is 5.32 Å². The maximum atomic E-state index is 3.64. The Labute approximate surface area is 116 Å². The predicted octanol–water partition coefficient (Wildman–Crippen LogP) is 4.92. The van der Waals surface area contributed by atoms with Crippen molar-refractivity contribution in [3.8, 4) is 0 Å². The maximum absolute atomic E-state index is 3.64. The lowest BCUT2D eigenvalue weighted by Gasteiger charge is -2.39. The molecule has 1 aliphatic carbocycles. The monoisotopic (exact) mass is 265 g/mol. The molecule has 2 rings (SSSR count). The molecule has 1 atom stereocenters. The maximum Gasteiger partial charge on any atom is 0.0472 e. The molecule has 0 amide bonds. The van der Waals surface area contributed by atoms with Gasteiger partial charge in [0, 0.05) is 10.9 Å². The van der Waals surface area contributed by atoms with Crippen molar-refractivity contribution < 1.29 is 0 Å². The average molecular weight is 265 g/mol. The molecule has 1 unspecified atom stereocenters. The fraction of sp³-hybridized carbons (Fsp3) is 0.750. The largest absolute Gasteiger partial charge is 0.312 e. The van der Waals surface area contributed by atoms with Crippen molar-refractivity contribution in [2.24, 2.45) is 11.3 Å². The van der Waals surface area contributed by atoms with Gasteiger partial charge < -0.3 is 5.32 Å². The van der Waals surface area contributed by atoms with Crippen LogP contribution in [0.15, 0.2) is 11.4 Å². The number of nitrogens with one attached hydrogen (secondary N) is 1. The van der Waals surface area contributed by atoms with E-state index < -0.39 is 0 Å². The van der Waals surface area contributed by atoms with E-state index in [0.29, 0.717) is 11.5 Å². The van der Waals surface area contributed by atoms with E-state index >= 15 is 0 Å². The van der Waals surface area contributed by atoms with Crippen molar-refractivity contribution in [2.75, 3.05) is 7.05 Å². The Hall–Kier alpha value is -0.340. The third-order valence-corrected chi connectivity index (χ3v) is 5.56. The highest BCUT2D eigenvalue weighted by Gasteiger charge is 2.42. The molecular weight excluding hydrogens is 238 g/mol. The molecule has 1 aromatic heterocycles. The molecule has 0 aromatic carbocycles. The summed E-state index contributed by atoms with van der Waals surface area (Å²) in [5.74, 6) is 0.791. The third-order valence-electron chi connectivity index (χ3n) is 4.48. The topological polar surface area (TPSA) is 12.0 Å². The van der Waals surface area contributed by atoms with Gasteiger partial charge in [-0.05, 0) is 61.6 Å². The molecule has 0 saturated heterocycles. The lowest BCUT2D eigenvalue weighted by Crippen LogP contribution is -2.35. The first-order valence-electron chi connectivity index (χ1n) is 7.30. The first-order valence-corrected chi connectivity index (χ1v) is 8.18. The molecular formula is C16H27NS. The smallest absolute Gasteiger partial charge is 0.0472 e. The van der Waals surface area contributed by atoms with Gasteiger partial charge in [-0.2, -0.15) is 0 Å².